The molecule has 2 rings (SSSR count). The lowest BCUT2D eigenvalue weighted by Gasteiger charge is -2.27. The molecule has 2 aromatic rings. The number of hydrogen-bond acceptors (Lipinski definition) is 3. The van der Waals surface area contributed by atoms with Crippen molar-refractivity contribution in [1.29, 1.82) is 0 Å². The van der Waals surface area contributed by atoms with Gasteiger partial charge in [0.25, 0.3) is 0 Å². The van der Waals surface area contributed by atoms with Gasteiger partial charge in [-0.05, 0) is 44.3 Å². The Bertz CT molecular complexity index is 683. The summed E-state index contributed by atoms with van der Waals surface area (Å²) in [5.41, 5.74) is 2.46. The maximum Gasteiger partial charge on any atom is 0.191 e. The summed E-state index contributed by atoms with van der Waals surface area (Å²) in [6, 6.07) is 19.0. The van der Waals surface area contributed by atoms with Crippen molar-refractivity contribution in [2.24, 2.45) is 4.99 Å². The fraction of sp³-hybridized carbons (Fsp3) is 0.381. The van der Waals surface area contributed by atoms with Crippen LogP contribution in [0.1, 0.15) is 30.1 Å². The van der Waals surface area contributed by atoms with Crippen molar-refractivity contribution in [1.82, 2.24) is 15.5 Å². The molecule has 0 spiro atoms. The normalized spacial score (nSPS) is 14.0. The number of methoxy groups -OCH3 is 1. The fourth-order valence-corrected chi connectivity index (χ4v) is 2.84. The summed E-state index contributed by atoms with van der Waals surface area (Å²) in [5.74, 6) is 1.66. The van der Waals surface area contributed by atoms with Crippen LogP contribution in [0, 0.1) is 0 Å². The Kier molecular flexibility index (Phi) is 7.48. The standard InChI is InChI=1S/C21H30N4O/c1-16(17-9-7-6-8-10-17)24-21(22-2)23-15-20(25(3)4)18-11-13-19(26-5)14-12-18/h6-14,16,20H,15H2,1-5H3,(H2,22,23,24). The summed E-state index contributed by atoms with van der Waals surface area (Å²) in [6.45, 7) is 2.88. The van der Waals surface area contributed by atoms with Crippen LogP contribution in [0.4, 0.5) is 0 Å². The first-order valence-corrected chi connectivity index (χ1v) is 8.87. The molecule has 0 aromatic heterocycles. The molecule has 26 heavy (non-hydrogen) atoms. The molecule has 0 heterocycles. The SMILES string of the molecule is CN=C(NCC(c1ccc(OC)cc1)N(C)C)NC(C)c1ccccc1. The molecule has 2 aromatic carbocycles. The van der Waals surface area contributed by atoms with E-state index in [9.17, 15) is 0 Å². The van der Waals surface area contributed by atoms with E-state index >= 15 is 0 Å². The number of guanidine groups is 1. The molecule has 0 aliphatic rings. The van der Waals surface area contributed by atoms with Crippen LogP contribution in [-0.2, 0) is 0 Å². The van der Waals surface area contributed by atoms with Gasteiger partial charge in [-0.25, -0.2) is 0 Å². The third kappa shape index (κ3) is 5.49. The van der Waals surface area contributed by atoms with Gasteiger partial charge in [-0.3, -0.25) is 4.99 Å². The van der Waals surface area contributed by atoms with E-state index in [4.69, 9.17) is 4.74 Å². The molecule has 140 valence electrons. The first-order chi connectivity index (χ1) is 12.5. The Hall–Kier alpha value is -2.53. The van der Waals surface area contributed by atoms with Crippen LogP contribution < -0.4 is 15.4 Å². The van der Waals surface area contributed by atoms with Crippen LogP contribution >= 0.6 is 0 Å². The van der Waals surface area contributed by atoms with Crippen LogP contribution in [0.3, 0.4) is 0 Å². The van der Waals surface area contributed by atoms with Crippen LogP contribution in [0.5, 0.6) is 5.75 Å². The van der Waals surface area contributed by atoms with Gasteiger partial charge in [0.15, 0.2) is 5.96 Å². The lowest BCUT2D eigenvalue weighted by Crippen LogP contribution is -2.42. The summed E-state index contributed by atoms with van der Waals surface area (Å²) < 4.78 is 5.25. The zero-order chi connectivity index (χ0) is 18.9. The minimum absolute atomic E-state index is 0.182. The molecule has 0 bridgehead atoms. The average molecular weight is 354 g/mol. The maximum atomic E-state index is 5.25. The highest BCUT2D eigenvalue weighted by Crippen LogP contribution is 2.20. The second kappa shape index (κ2) is 9.82. The van der Waals surface area contributed by atoms with Crippen molar-refractivity contribution < 1.29 is 4.74 Å². The van der Waals surface area contributed by atoms with Gasteiger partial charge in [0, 0.05) is 13.6 Å². The van der Waals surface area contributed by atoms with Crippen molar-refractivity contribution in [2.75, 3.05) is 34.8 Å². The highest BCUT2D eigenvalue weighted by atomic mass is 16.5. The van der Waals surface area contributed by atoms with Crippen molar-refractivity contribution >= 4 is 5.96 Å². The van der Waals surface area contributed by atoms with Crippen LogP contribution in [0.15, 0.2) is 59.6 Å². The van der Waals surface area contributed by atoms with Crippen LogP contribution in [0.25, 0.3) is 0 Å². The summed E-state index contributed by atoms with van der Waals surface area (Å²) in [6.07, 6.45) is 0. The van der Waals surface area contributed by atoms with Crippen molar-refractivity contribution in [3.8, 4) is 5.75 Å². The van der Waals surface area contributed by atoms with Gasteiger partial charge >= 0.3 is 0 Å². The molecule has 0 saturated carbocycles. The number of nitrogens with zero attached hydrogens (tertiary/aromatic N) is 2. The molecule has 0 fully saturated rings. The van der Waals surface area contributed by atoms with Gasteiger partial charge in [-0.15, -0.1) is 0 Å². The molecule has 0 amide bonds. The Morgan fingerprint density at radius 1 is 1.04 bits per heavy atom. The molecular formula is C21H30N4O. The summed E-state index contributed by atoms with van der Waals surface area (Å²) >= 11 is 0. The van der Waals surface area contributed by atoms with Crippen LogP contribution in [0.2, 0.25) is 0 Å². The molecule has 0 radical (unpaired) electrons. The van der Waals surface area contributed by atoms with Gasteiger partial charge in [-0.1, -0.05) is 42.5 Å². The van der Waals surface area contributed by atoms with E-state index in [1.807, 2.05) is 18.2 Å². The second-order valence-corrected chi connectivity index (χ2v) is 6.48. The van der Waals surface area contributed by atoms with E-state index in [1.54, 1.807) is 14.2 Å². The van der Waals surface area contributed by atoms with E-state index in [2.05, 4.69) is 77.9 Å². The monoisotopic (exact) mass is 354 g/mol. The van der Waals surface area contributed by atoms with E-state index in [0.717, 1.165) is 18.3 Å². The summed E-state index contributed by atoms with van der Waals surface area (Å²) in [4.78, 5) is 6.56. The van der Waals surface area contributed by atoms with Crippen molar-refractivity contribution in [3.63, 3.8) is 0 Å². The van der Waals surface area contributed by atoms with E-state index in [-0.39, 0.29) is 12.1 Å². The Labute approximate surface area is 157 Å². The fourth-order valence-electron chi connectivity index (χ4n) is 2.84. The number of hydrogen-bond donors (Lipinski definition) is 2. The number of nitrogens with one attached hydrogen (secondary N) is 2. The van der Waals surface area contributed by atoms with Gasteiger partial charge in [-0.2, -0.15) is 0 Å². The highest BCUT2D eigenvalue weighted by molar-refractivity contribution is 5.80. The Morgan fingerprint density at radius 2 is 1.69 bits per heavy atom. The molecule has 2 atom stereocenters. The molecule has 5 heteroatoms. The quantitative estimate of drug-likeness (QED) is 0.592. The predicted molar refractivity (Wildman–Crippen MR) is 109 cm³/mol. The lowest BCUT2D eigenvalue weighted by molar-refractivity contribution is 0.297. The number of aliphatic imine (C=N–C) groups is 1. The lowest BCUT2D eigenvalue weighted by atomic mass is 10.1. The number of benzene rings is 2. The van der Waals surface area contributed by atoms with Crippen molar-refractivity contribution in [2.45, 2.75) is 19.0 Å². The Balaban J connectivity index is 1.99. The molecule has 0 saturated heterocycles. The average Bonchev–Trinajstić information content (AvgIpc) is 2.68. The minimum Gasteiger partial charge on any atom is -0.497 e. The summed E-state index contributed by atoms with van der Waals surface area (Å²) in [7, 11) is 7.65. The zero-order valence-corrected chi connectivity index (χ0v) is 16.4. The third-order valence-corrected chi connectivity index (χ3v) is 4.46. The first-order valence-electron chi connectivity index (χ1n) is 8.87. The second-order valence-electron chi connectivity index (χ2n) is 6.48. The minimum atomic E-state index is 0.182. The predicted octanol–water partition coefficient (Wildman–Crippen LogP) is 3.22. The number of rotatable bonds is 7. The van der Waals surface area contributed by atoms with Gasteiger partial charge < -0.3 is 20.3 Å². The zero-order valence-electron chi connectivity index (χ0n) is 16.4. The van der Waals surface area contributed by atoms with Gasteiger partial charge in [0.1, 0.15) is 5.75 Å². The molecule has 2 N–H and O–H groups in total. The van der Waals surface area contributed by atoms with Crippen molar-refractivity contribution in [3.05, 3.63) is 65.7 Å². The molecule has 2 unspecified atom stereocenters. The van der Waals surface area contributed by atoms with Crippen LogP contribution in [-0.4, -0.2) is 45.7 Å². The third-order valence-electron chi connectivity index (χ3n) is 4.46. The molecule has 0 aliphatic carbocycles. The Morgan fingerprint density at radius 3 is 2.23 bits per heavy atom. The van der Waals surface area contributed by atoms with Gasteiger partial charge in [0.2, 0.25) is 0 Å². The molecule has 5 nitrogen and oxygen atoms in total. The molecule has 0 aliphatic heterocycles. The van der Waals surface area contributed by atoms with E-state index < -0.39 is 0 Å². The van der Waals surface area contributed by atoms with Gasteiger partial charge in [0.05, 0.1) is 19.2 Å². The smallest absolute Gasteiger partial charge is 0.191 e. The topological polar surface area (TPSA) is 48.9 Å². The largest absolute Gasteiger partial charge is 0.497 e. The summed E-state index contributed by atoms with van der Waals surface area (Å²) in [5, 5.41) is 6.89. The number of likely N-dealkylation sites (N-methyl/N-ethyl adjacent to an activating group) is 1. The van der Waals surface area contributed by atoms with E-state index in [1.165, 1.54) is 11.1 Å². The maximum absolute atomic E-state index is 5.25. The highest BCUT2D eigenvalue weighted by Gasteiger charge is 2.15. The molecular weight excluding hydrogens is 324 g/mol. The number of ether oxygens (including phenoxy) is 1. The van der Waals surface area contributed by atoms with E-state index in [0.29, 0.717) is 0 Å². The first kappa shape index (κ1) is 19.8.